The molecule has 0 N–H and O–H groups in total. The molecule has 10 rings (SSSR count). The van der Waals surface area contributed by atoms with Gasteiger partial charge in [-0.15, -0.1) is 30.6 Å². The molecule has 282 valence electrons. The van der Waals surface area contributed by atoms with Gasteiger partial charge in [-0.25, -0.2) is 0 Å². The molecule has 0 spiro atoms. The van der Waals surface area contributed by atoms with Crippen LogP contribution in [0.1, 0.15) is 0 Å². The summed E-state index contributed by atoms with van der Waals surface area (Å²) >= 11 is 0. The number of benzene rings is 1. The molecule has 9 heterocycles. The van der Waals surface area contributed by atoms with Crippen LogP contribution in [-0.2, 0) is 0 Å². The number of aromatic nitrogens is 12. The minimum absolute atomic E-state index is 0.595. The molecule has 0 aliphatic rings. The molecule has 0 saturated carbocycles. The molecule has 0 radical (unpaired) electrons. The van der Waals surface area contributed by atoms with E-state index in [0.29, 0.717) is 68.3 Å². The highest BCUT2D eigenvalue weighted by molar-refractivity contribution is 5.93. The standard InChI is InChI=1S/C48H30N12/c1-7-19-49-37(13-1)43-28-34(46(58-55-43)40-16-4-10-22-52-40)31-25-32(35-29-44(38-14-2-8-20-50-38)56-59-47(35)41-17-5-11-23-53-41)27-33(26-31)36-30-45(39-15-3-9-21-51-39)57-60-48(36)42-18-6-12-24-54-42/h1-30H. The van der Waals surface area contributed by atoms with Gasteiger partial charge in [0.2, 0.25) is 0 Å². The number of hydrogen-bond donors (Lipinski definition) is 0. The van der Waals surface area contributed by atoms with Gasteiger partial charge in [-0.2, -0.15) is 0 Å². The van der Waals surface area contributed by atoms with Crippen molar-refractivity contribution in [3.63, 3.8) is 0 Å². The third-order valence-corrected chi connectivity index (χ3v) is 9.75. The summed E-state index contributed by atoms with van der Waals surface area (Å²) < 4.78 is 0. The van der Waals surface area contributed by atoms with Crippen molar-refractivity contribution in [2.75, 3.05) is 0 Å². The van der Waals surface area contributed by atoms with Crippen LogP contribution in [0.3, 0.4) is 0 Å². The van der Waals surface area contributed by atoms with Crippen LogP contribution in [0.2, 0.25) is 0 Å². The Labute approximate surface area is 343 Å². The highest BCUT2D eigenvalue weighted by Crippen LogP contribution is 2.42. The van der Waals surface area contributed by atoms with Gasteiger partial charge in [-0.3, -0.25) is 29.9 Å². The number of rotatable bonds is 9. The molecule has 0 fully saturated rings. The van der Waals surface area contributed by atoms with Crippen LogP contribution in [0, 0.1) is 0 Å². The van der Waals surface area contributed by atoms with Gasteiger partial charge in [0.1, 0.15) is 34.2 Å². The van der Waals surface area contributed by atoms with E-state index in [2.05, 4.69) is 48.4 Å². The number of hydrogen-bond acceptors (Lipinski definition) is 12. The first-order chi connectivity index (χ1) is 29.7. The molecule has 0 saturated heterocycles. The zero-order valence-electron chi connectivity index (χ0n) is 31.7. The van der Waals surface area contributed by atoms with E-state index >= 15 is 0 Å². The SMILES string of the molecule is c1ccc(-c2cc(-c3cc(-c4cc(-c5ccccn5)nnc4-c4ccccn4)cc(-c4cc(-c5ccccn5)nnc4-c4ccccn4)c3)c(-c3ccccn3)nn2)nc1. The number of nitrogens with zero attached hydrogens (tertiary/aromatic N) is 12. The molecule has 0 bridgehead atoms. The second-order valence-electron chi connectivity index (χ2n) is 13.6. The summed E-state index contributed by atoms with van der Waals surface area (Å²) in [5.41, 5.74) is 12.4. The number of pyridine rings is 6. The summed E-state index contributed by atoms with van der Waals surface area (Å²) in [7, 11) is 0. The van der Waals surface area contributed by atoms with Crippen molar-refractivity contribution in [1.29, 1.82) is 0 Å². The first-order valence-electron chi connectivity index (χ1n) is 19.0. The summed E-state index contributed by atoms with van der Waals surface area (Å²) in [5, 5.41) is 28.4. The Morgan fingerprint density at radius 3 is 0.700 bits per heavy atom. The molecule has 0 atom stereocenters. The van der Waals surface area contributed by atoms with E-state index < -0.39 is 0 Å². The van der Waals surface area contributed by atoms with Gasteiger partial charge in [-0.05, 0) is 126 Å². The normalized spacial score (nSPS) is 11.0. The minimum atomic E-state index is 0.595. The van der Waals surface area contributed by atoms with Gasteiger partial charge in [0.15, 0.2) is 0 Å². The smallest absolute Gasteiger partial charge is 0.119 e. The molecule has 0 amide bonds. The zero-order valence-corrected chi connectivity index (χ0v) is 31.7. The Bertz CT molecular complexity index is 2720. The van der Waals surface area contributed by atoms with Crippen LogP contribution in [0.4, 0.5) is 0 Å². The maximum atomic E-state index is 4.81. The third kappa shape index (κ3) is 7.23. The molecule has 1 aromatic carbocycles. The summed E-state index contributed by atoms with van der Waals surface area (Å²) in [4.78, 5) is 28.0. The van der Waals surface area contributed by atoms with Crippen molar-refractivity contribution >= 4 is 0 Å². The van der Waals surface area contributed by atoms with Gasteiger partial charge in [0.05, 0.1) is 34.2 Å². The van der Waals surface area contributed by atoms with E-state index in [4.69, 9.17) is 30.2 Å². The molecule has 0 aliphatic heterocycles. The lowest BCUT2D eigenvalue weighted by Gasteiger charge is -2.17. The highest BCUT2D eigenvalue weighted by atomic mass is 15.1. The summed E-state index contributed by atoms with van der Waals surface area (Å²) in [5.74, 6) is 0. The fourth-order valence-corrected chi connectivity index (χ4v) is 6.92. The van der Waals surface area contributed by atoms with E-state index in [9.17, 15) is 0 Å². The van der Waals surface area contributed by atoms with E-state index in [1.165, 1.54) is 0 Å². The zero-order chi connectivity index (χ0) is 40.1. The predicted octanol–water partition coefficient (Wildman–Crippen LogP) is 9.43. The second-order valence-corrected chi connectivity index (χ2v) is 13.6. The topological polar surface area (TPSA) is 155 Å². The average Bonchev–Trinajstić information content (AvgIpc) is 3.35. The molecule has 0 aliphatic carbocycles. The first kappa shape index (κ1) is 35.8. The average molecular weight is 775 g/mol. The molecule has 9 aromatic heterocycles. The molecule has 0 unspecified atom stereocenters. The minimum Gasteiger partial charge on any atom is -0.255 e. The van der Waals surface area contributed by atoms with Gasteiger partial charge in [0, 0.05) is 53.9 Å². The maximum absolute atomic E-state index is 4.81. The Hall–Kier alpha value is -8.64. The van der Waals surface area contributed by atoms with Crippen LogP contribution >= 0.6 is 0 Å². The van der Waals surface area contributed by atoms with E-state index in [1.807, 2.05) is 127 Å². The van der Waals surface area contributed by atoms with Crippen LogP contribution in [0.15, 0.2) is 183 Å². The molecule has 12 nitrogen and oxygen atoms in total. The largest absolute Gasteiger partial charge is 0.255 e. The van der Waals surface area contributed by atoms with Gasteiger partial charge in [0.25, 0.3) is 0 Å². The Morgan fingerprint density at radius 1 is 0.217 bits per heavy atom. The predicted molar refractivity (Wildman–Crippen MR) is 229 cm³/mol. The molecular formula is C48H30N12. The van der Waals surface area contributed by atoms with E-state index in [-0.39, 0.29) is 0 Å². The molecular weight excluding hydrogens is 745 g/mol. The second kappa shape index (κ2) is 16.1. The molecule has 12 heteroatoms. The van der Waals surface area contributed by atoms with Crippen LogP contribution in [0.25, 0.3) is 102 Å². The summed E-state index contributed by atoms with van der Waals surface area (Å²) in [6.07, 6.45) is 10.5. The maximum Gasteiger partial charge on any atom is 0.119 e. The van der Waals surface area contributed by atoms with Gasteiger partial charge in [-0.1, -0.05) is 36.4 Å². The van der Waals surface area contributed by atoms with Crippen LogP contribution in [0.5, 0.6) is 0 Å². The van der Waals surface area contributed by atoms with Crippen molar-refractivity contribution in [3.8, 4) is 102 Å². The van der Waals surface area contributed by atoms with Gasteiger partial charge < -0.3 is 0 Å². The summed E-state index contributed by atoms with van der Waals surface area (Å²) in [6.45, 7) is 0. The summed E-state index contributed by atoms with van der Waals surface area (Å²) in [6, 6.07) is 46.8. The Kier molecular flexibility index (Phi) is 9.58. The first-order valence-corrected chi connectivity index (χ1v) is 19.0. The molecule has 10 aromatic rings. The Balaban J connectivity index is 1.30. The van der Waals surface area contributed by atoms with Crippen molar-refractivity contribution < 1.29 is 0 Å². The fourth-order valence-electron chi connectivity index (χ4n) is 6.92. The highest BCUT2D eigenvalue weighted by Gasteiger charge is 2.22. The van der Waals surface area contributed by atoms with Gasteiger partial charge >= 0.3 is 0 Å². The Morgan fingerprint density at radius 2 is 0.467 bits per heavy atom. The third-order valence-electron chi connectivity index (χ3n) is 9.75. The quantitative estimate of drug-likeness (QED) is 0.137. The monoisotopic (exact) mass is 774 g/mol. The fraction of sp³-hybridized carbons (Fsp3) is 0. The van der Waals surface area contributed by atoms with E-state index in [0.717, 1.165) is 33.4 Å². The van der Waals surface area contributed by atoms with Crippen LogP contribution < -0.4 is 0 Å². The van der Waals surface area contributed by atoms with E-state index in [1.54, 1.807) is 37.2 Å². The van der Waals surface area contributed by atoms with Crippen molar-refractivity contribution in [2.45, 2.75) is 0 Å². The van der Waals surface area contributed by atoms with Crippen molar-refractivity contribution in [1.82, 2.24) is 60.5 Å². The van der Waals surface area contributed by atoms with Crippen molar-refractivity contribution in [2.24, 2.45) is 0 Å². The van der Waals surface area contributed by atoms with Crippen molar-refractivity contribution in [3.05, 3.63) is 183 Å². The lowest BCUT2D eigenvalue weighted by Crippen LogP contribution is -2.01. The van der Waals surface area contributed by atoms with Crippen LogP contribution in [-0.4, -0.2) is 60.5 Å². The lowest BCUT2D eigenvalue weighted by molar-refractivity contribution is 1.03. The molecule has 60 heavy (non-hydrogen) atoms. The lowest BCUT2D eigenvalue weighted by atomic mass is 9.90.